The Morgan fingerprint density at radius 2 is 0.667 bits per heavy atom. The summed E-state index contributed by atoms with van der Waals surface area (Å²) in [5.74, 6) is 0. The molecule has 42 heavy (non-hydrogen) atoms. The van der Waals surface area contributed by atoms with E-state index >= 15 is 0 Å². The van der Waals surface area contributed by atoms with Gasteiger partial charge < -0.3 is 31.3 Å². The quantitative estimate of drug-likeness (QED) is 0.163. The number of benzene rings is 3. The molecular weight excluding hydrogens is 582 g/mol. The number of hydrogen-bond donors (Lipinski definition) is 8. The zero-order valence-corrected chi connectivity index (χ0v) is 26.6. The SMILES string of the molecule is CN[C@@H](C)[C@@H](O)c1ccccc1.CN[C@@H](C)[C@@H](O)c1ccccc1.CN[C@@H](C)[C@@H](O)c1ccccc1.Cl.O=S(=O)(O)O. The Hall–Kier alpha value is -2.42. The van der Waals surface area contributed by atoms with E-state index in [4.69, 9.17) is 17.5 Å². The third-order valence-electron chi connectivity index (χ3n) is 6.21. The zero-order chi connectivity index (χ0) is 31.4. The van der Waals surface area contributed by atoms with E-state index in [-0.39, 0.29) is 30.5 Å². The second kappa shape index (κ2) is 23.1. The molecule has 0 heterocycles. The van der Waals surface area contributed by atoms with Gasteiger partial charge in [0, 0.05) is 18.1 Å². The molecule has 0 aliphatic heterocycles. The Balaban J connectivity index is 0. The lowest BCUT2D eigenvalue weighted by Gasteiger charge is -2.17. The second-order valence-electron chi connectivity index (χ2n) is 9.25. The summed E-state index contributed by atoms with van der Waals surface area (Å²) in [7, 11) is 0.866. The molecule has 3 aromatic rings. The highest BCUT2D eigenvalue weighted by Gasteiger charge is 2.14. The van der Waals surface area contributed by atoms with Crippen molar-refractivity contribution in [1.29, 1.82) is 0 Å². The normalized spacial score (nSPS) is 14.7. The molecule has 8 N–H and O–H groups in total. The van der Waals surface area contributed by atoms with Crippen LogP contribution < -0.4 is 16.0 Å². The summed E-state index contributed by atoms with van der Waals surface area (Å²) in [5, 5.41) is 38.2. The number of halogens is 1. The summed E-state index contributed by atoms with van der Waals surface area (Å²) >= 11 is 0. The monoisotopic (exact) mass is 629 g/mol. The molecule has 0 saturated carbocycles. The lowest BCUT2D eigenvalue weighted by Crippen LogP contribution is -2.28. The summed E-state index contributed by atoms with van der Waals surface area (Å²) in [6.45, 7) is 5.87. The average molecular weight is 630 g/mol. The predicted octanol–water partition coefficient (Wildman–Crippen LogP) is 3.75. The summed E-state index contributed by atoms with van der Waals surface area (Å²) in [5.41, 5.74) is 2.87. The molecule has 3 rings (SSSR count). The highest BCUT2D eigenvalue weighted by atomic mass is 35.5. The molecule has 0 bridgehead atoms. The lowest BCUT2D eigenvalue weighted by atomic mass is 10.0. The molecule has 0 saturated heterocycles. The van der Waals surface area contributed by atoms with Crippen LogP contribution in [-0.2, 0) is 10.4 Å². The molecule has 0 aliphatic rings. The fourth-order valence-electron chi connectivity index (χ4n) is 3.29. The standard InChI is InChI=1S/3C10H15NO.ClH.H2O4S/c3*1-8(11-2)10(12)9-6-4-3-5-7-9;;1-5(2,3)4/h3*3-8,10-12H,1-2H3;1H;(H2,1,2,3,4)/t3*8-,10+;;/m000../s1. The molecule has 10 nitrogen and oxygen atoms in total. The van der Waals surface area contributed by atoms with Crippen molar-refractivity contribution >= 4 is 22.8 Å². The maximum Gasteiger partial charge on any atom is 0.394 e. The number of hydrogen-bond acceptors (Lipinski definition) is 8. The van der Waals surface area contributed by atoms with Gasteiger partial charge in [0.05, 0.1) is 18.3 Å². The molecule has 6 atom stereocenters. The van der Waals surface area contributed by atoms with Crippen molar-refractivity contribution in [3.63, 3.8) is 0 Å². The molecule has 0 radical (unpaired) electrons. The maximum absolute atomic E-state index is 9.73. The topological polar surface area (TPSA) is 171 Å². The van der Waals surface area contributed by atoms with Crippen LogP contribution in [0, 0.1) is 0 Å². The summed E-state index contributed by atoms with van der Waals surface area (Å²) in [4.78, 5) is 0. The Morgan fingerprint density at radius 1 is 0.500 bits per heavy atom. The number of nitrogens with one attached hydrogen (secondary N) is 3. The molecule has 0 fully saturated rings. The van der Waals surface area contributed by atoms with Crippen LogP contribution in [0.15, 0.2) is 91.0 Å². The van der Waals surface area contributed by atoms with Crippen LogP contribution in [0.1, 0.15) is 55.8 Å². The van der Waals surface area contributed by atoms with Gasteiger partial charge in [-0.3, -0.25) is 9.11 Å². The predicted molar refractivity (Wildman–Crippen MR) is 171 cm³/mol. The fraction of sp³-hybridized carbons (Fsp3) is 0.400. The van der Waals surface area contributed by atoms with E-state index in [1.54, 1.807) is 0 Å². The number of aliphatic hydroxyl groups is 3. The van der Waals surface area contributed by atoms with Crippen LogP contribution in [-0.4, -0.2) is 72.1 Å². The van der Waals surface area contributed by atoms with Gasteiger partial charge in [-0.25, -0.2) is 0 Å². The number of rotatable bonds is 9. The van der Waals surface area contributed by atoms with E-state index in [0.29, 0.717) is 0 Å². The Labute approximate surface area is 257 Å². The molecule has 0 spiro atoms. The van der Waals surface area contributed by atoms with Gasteiger partial charge in [-0.15, -0.1) is 12.4 Å². The Bertz CT molecular complexity index is 1020. The van der Waals surface area contributed by atoms with Crippen LogP contribution in [0.3, 0.4) is 0 Å². The van der Waals surface area contributed by atoms with Crippen molar-refractivity contribution in [3.05, 3.63) is 108 Å². The molecule has 0 unspecified atom stereocenters. The van der Waals surface area contributed by atoms with Gasteiger partial charge in [0.2, 0.25) is 0 Å². The van der Waals surface area contributed by atoms with E-state index in [9.17, 15) is 15.3 Å². The summed E-state index contributed by atoms with van der Waals surface area (Å²) in [6.07, 6.45) is -1.26. The first kappa shape index (κ1) is 41.7. The molecular formula is C30H48ClN3O7S. The van der Waals surface area contributed by atoms with Crippen molar-refractivity contribution in [1.82, 2.24) is 16.0 Å². The highest BCUT2D eigenvalue weighted by Crippen LogP contribution is 2.16. The second-order valence-corrected chi connectivity index (χ2v) is 10.1. The van der Waals surface area contributed by atoms with Crippen LogP contribution in [0.2, 0.25) is 0 Å². The first-order chi connectivity index (χ1) is 19.3. The molecule has 3 aromatic carbocycles. The minimum atomic E-state index is -4.67. The average Bonchev–Trinajstić information content (AvgIpc) is 2.99. The highest BCUT2D eigenvalue weighted by molar-refractivity contribution is 7.79. The third kappa shape index (κ3) is 18.9. The van der Waals surface area contributed by atoms with Crippen molar-refractivity contribution < 1.29 is 32.8 Å². The third-order valence-corrected chi connectivity index (χ3v) is 6.21. The van der Waals surface area contributed by atoms with E-state index in [2.05, 4.69) is 16.0 Å². The van der Waals surface area contributed by atoms with Crippen LogP contribution in [0.5, 0.6) is 0 Å². The van der Waals surface area contributed by atoms with E-state index < -0.39 is 28.7 Å². The smallest absolute Gasteiger partial charge is 0.387 e. The van der Waals surface area contributed by atoms with Crippen molar-refractivity contribution in [2.24, 2.45) is 0 Å². The maximum atomic E-state index is 9.73. The first-order valence-electron chi connectivity index (χ1n) is 13.2. The number of aliphatic hydroxyl groups excluding tert-OH is 3. The van der Waals surface area contributed by atoms with Crippen molar-refractivity contribution in [2.45, 2.75) is 57.2 Å². The fourth-order valence-corrected chi connectivity index (χ4v) is 3.29. The van der Waals surface area contributed by atoms with E-state index in [0.717, 1.165) is 16.7 Å². The van der Waals surface area contributed by atoms with Crippen LogP contribution in [0.25, 0.3) is 0 Å². The van der Waals surface area contributed by atoms with Crippen LogP contribution >= 0.6 is 12.4 Å². The van der Waals surface area contributed by atoms with Gasteiger partial charge in [-0.05, 0) is 58.6 Å². The Kier molecular flexibility index (Phi) is 22.9. The first-order valence-corrected chi connectivity index (χ1v) is 14.6. The molecule has 238 valence electrons. The Morgan fingerprint density at radius 3 is 0.810 bits per heavy atom. The van der Waals surface area contributed by atoms with Crippen molar-refractivity contribution in [3.8, 4) is 0 Å². The van der Waals surface area contributed by atoms with Crippen molar-refractivity contribution in [2.75, 3.05) is 21.1 Å². The van der Waals surface area contributed by atoms with E-state index in [1.807, 2.05) is 133 Å². The molecule has 12 heteroatoms. The minimum Gasteiger partial charge on any atom is -0.387 e. The summed E-state index contributed by atoms with van der Waals surface area (Å²) in [6, 6.07) is 29.3. The molecule has 0 amide bonds. The molecule has 0 aliphatic carbocycles. The van der Waals surface area contributed by atoms with Gasteiger partial charge in [-0.1, -0.05) is 91.0 Å². The lowest BCUT2D eigenvalue weighted by molar-refractivity contribution is 0.140. The van der Waals surface area contributed by atoms with Crippen LogP contribution in [0.4, 0.5) is 0 Å². The van der Waals surface area contributed by atoms with Gasteiger partial charge in [0.15, 0.2) is 0 Å². The summed E-state index contributed by atoms with van der Waals surface area (Å²) < 4.78 is 31.6. The van der Waals surface area contributed by atoms with E-state index in [1.165, 1.54) is 0 Å². The largest absolute Gasteiger partial charge is 0.394 e. The zero-order valence-electron chi connectivity index (χ0n) is 25.0. The molecule has 0 aromatic heterocycles. The number of likely N-dealkylation sites (N-methyl/N-ethyl adjacent to an activating group) is 3. The minimum absolute atomic E-state index is 0. The van der Waals surface area contributed by atoms with Gasteiger partial charge in [0.25, 0.3) is 0 Å². The van der Waals surface area contributed by atoms with Gasteiger partial charge in [0.1, 0.15) is 0 Å². The van der Waals surface area contributed by atoms with Gasteiger partial charge in [-0.2, -0.15) is 8.42 Å². The van der Waals surface area contributed by atoms with Gasteiger partial charge >= 0.3 is 10.4 Å².